The molecule has 2 aromatic rings. The van der Waals surface area contributed by atoms with Gasteiger partial charge in [0.05, 0.1) is 24.3 Å². The molecular weight excluding hydrogens is 416 g/mol. The van der Waals surface area contributed by atoms with Crippen LogP contribution in [0.5, 0.6) is 5.88 Å². The van der Waals surface area contributed by atoms with Gasteiger partial charge in [0.25, 0.3) is 0 Å². The summed E-state index contributed by atoms with van der Waals surface area (Å²) >= 11 is 5.20. The van der Waals surface area contributed by atoms with E-state index in [1.165, 1.54) is 9.75 Å². The maximum Gasteiger partial charge on any atom is 0.232 e. The van der Waals surface area contributed by atoms with E-state index >= 15 is 0 Å². The second kappa shape index (κ2) is 8.68. The van der Waals surface area contributed by atoms with Gasteiger partial charge in [0.2, 0.25) is 11.8 Å². The number of anilines is 1. The monoisotopic (exact) mass is 438 g/mol. The van der Waals surface area contributed by atoms with Gasteiger partial charge in [-0.05, 0) is 35.0 Å². The van der Waals surface area contributed by atoms with Crippen LogP contribution in [0, 0.1) is 6.92 Å². The number of hydrogen-bond donors (Lipinski definition) is 1. The number of guanidine groups is 1. The van der Waals surface area contributed by atoms with Gasteiger partial charge in [0, 0.05) is 43.0 Å². The number of methoxy groups -OCH3 is 1. The van der Waals surface area contributed by atoms with Gasteiger partial charge in [0.1, 0.15) is 0 Å². The largest absolute Gasteiger partial charge is 0.480 e. The number of rotatable bonds is 4. The van der Waals surface area contributed by atoms with Gasteiger partial charge in [-0.1, -0.05) is 0 Å². The smallest absolute Gasteiger partial charge is 0.232 e. The van der Waals surface area contributed by atoms with Gasteiger partial charge in [0.15, 0.2) is 5.96 Å². The number of piperazine rings is 1. The lowest BCUT2D eigenvalue weighted by Crippen LogP contribution is -2.52. The summed E-state index contributed by atoms with van der Waals surface area (Å²) in [4.78, 5) is 20.4. The highest BCUT2D eigenvalue weighted by Crippen LogP contribution is 2.24. The van der Waals surface area contributed by atoms with Crippen molar-refractivity contribution >= 4 is 39.2 Å². The summed E-state index contributed by atoms with van der Waals surface area (Å²) in [6.07, 6.45) is 1.73. The summed E-state index contributed by atoms with van der Waals surface area (Å²) in [5.41, 5.74) is 0. The van der Waals surface area contributed by atoms with Crippen LogP contribution < -0.4 is 15.0 Å². The zero-order valence-corrected chi connectivity index (χ0v) is 17.6. The molecule has 140 valence electrons. The number of thiophene rings is 1. The molecule has 0 aromatic carbocycles. The number of ether oxygens (including phenoxy) is 1. The summed E-state index contributed by atoms with van der Waals surface area (Å²) in [5, 5.41) is 3.46. The Labute approximate surface area is 166 Å². The van der Waals surface area contributed by atoms with Crippen LogP contribution in [0.1, 0.15) is 9.75 Å². The Morgan fingerprint density at radius 3 is 2.73 bits per heavy atom. The molecule has 0 radical (unpaired) electrons. The van der Waals surface area contributed by atoms with E-state index in [1.807, 2.05) is 18.4 Å². The van der Waals surface area contributed by atoms with Crippen molar-refractivity contribution in [2.75, 3.05) is 45.2 Å². The number of aliphatic imine (C=N–C) groups is 1. The first-order valence-corrected chi connectivity index (χ1v) is 10.0. The molecule has 0 unspecified atom stereocenters. The van der Waals surface area contributed by atoms with E-state index in [9.17, 15) is 0 Å². The van der Waals surface area contributed by atoms with Gasteiger partial charge in [-0.3, -0.25) is 4.99 Å². The number of hydrogen-bond acceptors (Lipinski definition) is 6. The molecule has 3 heterocycles. The average molecular weight is 439 g/mol. The SMILES string of the molecule is CN=C(NCc1ccc(C)s1)N1CCN(c2ncc(Br)c(OC)n2)CC1. The lowest BCUT2D eigenvalue weighted by atomic mass is 10.3. The van der Waals surface area contributed by atoms with E-state index in [4.69, 9.17) is 4.74 Å². The Bertz CT molecular complexity index is 772. The molecule has 2 aromatic heterocycles. The minimum atomic E-state index is 0.557. The molecular formula is C17H23BrN6OS. The van der Waals surface area contributed by atoms with Crippen molar-refractivity contribution < 1.29 is 4.74 Å². The molecule has 9 heteroatoms. The highest BCUT2D eigenvalue weighted by Gasteiger charge is 2.22. The van der Waals surface area contributed by atoms with E-state index in [2.05, 4.69) is 65.1 Å². The minimum Gasteiger partial charge on any atom is -0.480 e. The van der Waals surface area contributed by atoms with Gasteiger partial charge >= 0.3 is 0 Å². The topological polar surface area (TPSA) is 65.9 Å². The van der Waals surface area contributed by atoms with Crippen LogP contribution in [-0.2, 0) is 6.54 Å². The van der Waals surface area contributed by atoms with Crippen molar-refractivity contribution in [1.82, 2.24) is 20.2 Å². The van der Waals surface area contributed by atoms with Gasteiger partial charge in [-0.25, -0.2) is 4.98 Å². The lowest BCUT2D eigenvalue weighted by molar-refractivity contribution is 0.366. The molecule has 1 fully saturated rings. The molecule has 0 atom stereocenters. The van der Waals surface area contributed by atoms with Gasteiger partial charge in [-0.15, -0.1) is 11.3 Å². The summed E-state index contributed by atoms with van der Waals surface area (Å²) in [5.74, 6) is 2.19. The molecule has 1 saturated heterocycles. The number of nitrogens with zero attached hydrogens (tertiary/aromatic N) is 5. The van der Waals surface area contributed by atoms with Crippen molar-refractivity contribution in [3.8, 4) is 5.88 Å². The fraction of sp³-hybridized carbons (Fsp3) is 0.471. The second-order valence-electron chi connectivity index (χ2n) is 5.91. The van der Waals surface area contributed by atoms with Crippen LogP contribution in [-0.4, -0.2) is 61.2 Å². The first-order valence-electron chi connectivity index (χ1n) is 8.43. The highest BCUT2D eigenvalue weighted by atomic mass is 79.9. The zero-order chi connectivity index (χ0) is 18.5. The van der Waals surface area contributed by atoms with E-state index in [-0.39, 0.29) is 0 Å². The third-order valence-electron chi connectivity index (χ3n) is 4.18. The van der Waals surface area contributed by atoms with E-state index in [0.717, 1.165) is 43.2 Å². The molecule has 26 heavy (non-hydrogen) atoms. The molecule has 0 saturated carbocycles. The summed E-state index contributed by atoms with van der Waals surface area (Å²) in [6, 6.07) is 4.31. The molecule has 0 spiro atoms. The number of aromatic nitrogens is 2. The molecule has 1 aliphatic heterocycles. The molecule has 3 rings (SSSR count). The quantitative estimate of drug-likeness (QED) is 0.584. The van der Waals surface area contributed by atoms with Gasteiger partial charge in [-0.2, -0.15) is 4.98 Å². The highest BCUT2D eigenvalue weighted by molar-refractivity contribution is 9.10. The first-order chi connectivity index (χ1) is 12.6. The Kier molecular flexibility index (Phi) is 6.31. The second-order valence-corrected chi connectivity index (χ2v) is 8.14. The minimum absolute atomic E-state index is 0.557. The van der Waals surface area contributed by atoms with Crippen LogP contribution in [0.15, 0.2) is 27.8 Å². The predicted octanol–water partition coefficient (Wildman–Crippen LogP) is 2.52. The summed E-state index contributed by atoms with van der Waals surface area (Å²) < 4.78 is 6.03. The normalized spacial score (nSPS) is 15.3. The Hall–Kier alpha value is -1.87. The van der Waals surface area contributed by atoms with Crippen LogP contribution in [0.25, 0.3) is 0 Å². The first kappa shape index (κ1) is 18.9. The maximum atomic E-state index is 5.27. The fourth-order valence-corrected chi connectivity index (χ4v) is 4.02. The van der Waals surface area contributed by atoms with Crippen LogP contribution in [0.4, 0.5) is 5.95 Å². The van der Waals surface area contributed by atoms with Crippen LogP contribution >= 0.6 is 27.3 Å². The van der Waals surface area contributed by atoms with Crippen molar-refractivity contribution in [3.05, 3.63) is 32.6 Å². The lowest BCUT2D eigenvalue weighted by Gasteiger charge is -2.36. The fourth-order valence-electron chi connectivity index (χ4n) is 2.84. The third kappa shape index (κ3) is 4.45. The van der Waals surface area contributed by atoms with Gasteiger partial charge < -0.3 is 19.9 Å². The number of nitrogens with one attached hydrogen (secondary N) is 1. The van der Waals surface area contributed by atoms with Crippen molar-refractivity contribution in [2.24, 2.45) is 4.99 Å². The molecule has 7 nitrogen and oxygen atoms in total. The maximum absolute atomic E-state index is 5.27. The molecule has 0 aliphatic carbocycles. The van der Waals surface area contributed by atoms with E-state index in [1.54, 1.807) is 13.3 Å². The third-order valence-corrected chi connectivity index (χ3v) is 5.73. The zero-order valence-electron chi connectivity index (χ0n) is 15.2. The predicted molar refractivity (Wildman–Crippen MR) is 109 cm³/mol. The van der Waals surface area contributed by atoms with Crippen LogP contribution in [0.2, 0.25) is 0 Å². The summed E-state index contributed by atoms with van der Waals surface area (Å²) in [6.45, 7) is 6.34. The Morgan fingerprint density at radius 1 is 1.35 bits per heavy atom. The van der Waals surface area contributed by atoms with Crippen LogP contribution in [0.3, 0.4) is 0 Å². The standard InChI is InChI=1S/C17H23BrN6OS/c1-12-4-5-13(26-12)10-20-16(19-2)23-6-8-24(9-7-23)17-21-11-14(18)15(22-17)25-3/h4-5,11H,6-10H2,1-3H3,(H,19,20). The Morgan fingerprint density at radius 2 is 2.12 bits per heavy atom. The molecule has 1 aliphatic rings. The summed E-state index contributed by atoms with van der Waals surface area (Å²) in [7, 11) is 3.44. The van der Waals surface area contributed by atoms with E-state index < -0.39 is 0 Å². The van der Waals surface area contributed by atoms with Crippen molar-refractivity contribution in [1.29, 1.82) is 0 Å². The molecule has 0 amide bonds. The van der Waals surface area contributed by atoms with Crippen molar-refractivity contribution in [3.63, 3.8) is 0 Å². The Balaban J connectivity index is 1.56. The molecule has 0 bridgehead atoms. The number of aryl methyl sites for hydroxylation is 1. The average Bonchev–Trinajstić information content (AvgIpc) is 3.08. The van der Waals surface area contributed by atoms with Crippen molar-refractivity contribution in [2.45, 2.75) is 13.5 Å². The molecule has 1 N–H and O–H groups in total. The number of halogens is 1. The van der Waals surface area contributed by atoms with E-state index in [0.29, 0.717) is 11.8 Å².